The van der Waals surface area contributed by atoms with E-state index in [0.29, 0.717) is 0 Å². The van der Waals surface area contributed by atoms with Crippen molar-refractivity contribution in [2.45, 2.75) is 39.2 Å². The van der Waals surface area contributed by atoms with Gasteiger partial charge in [0.05, 0.1) is 16.3 Å². The zero-order chi connectivity index (χ0) is 15.1. The van der Waals surface area contributed by atoms with E-state index in [9.17, 15) is 10.1 Å². The van der Waals surface area contributed by atoms with Crippen molar-refractivity contribution < 1.29 is 4.92 Å². The highest BCUT2D eigenvalue weighted by Gasteiger charge is 2.26. The summed E-state index contributed by atoms with van der Waals surface area (Å²) < 4.78 is 1.84. The van der Waals surface area contributed by atoms with Crippen molar-refractivity contribution in [1.82, 2.24) is 9.78 Å². The molecule has 0 aliphatic heterocycles. The van der Waals surface area contributed by atoms with E-state index >= 15 is 0 Å². The van der Waals surface area contributed by atoms with Crippen LogP contribution in [0.25, 0.3) is 5.69 Å². The van der Waals surface area contributed by atoms with Crippen LogP contribution in [0.3, 0.4) is 0 Å². The van der Waals surface area contributed by atoms with Gasteiger partial charge in [0.2, 0.25) is 0 Å². The van der Waals surface area contributed by atoms with Crippen LogP contribution in [0.2, 0.25) is 0 Å². The number of nitrogens with zero attached hydrogens (tertiary/aromatic N) is 3. The summed E-state index contributed by atoms with van der Waals surface area (Å²) in [7, 11) is 0. The van der Waals surface area contributed by atoms with Gasteiger partial charge in [-0.05, 0) is 38.7 Å². The fraction of sp³-hybridized carbons (Fsp3) is 0.400. The Morgan fingerprint density at radius 2 is 2.19 bits per heavy atom. The Morgan fingerprint density at radius 3 is 2.90 bits per heavy atom. The monoisotopic (exact) mass is 286 g/mol. The Hall–Kier alpha value is -2.21. The minimum Gasteiger partial charge on any atom is -0.324 e. The fourth-order valence-corrected chi connectivity index (χ4v) is 3.08. The predicted octanol–water partition coefficient (Wildman–Crippen LogP) is 2.73. The maximum Gasteiger partial charge on any atom is 0.271 e. The topological polar surface area (TPSA) is 87.0 Å². The number of non-ortho nitro benzene ring substituents is 1. The van der Waals surface area contributed by atoms with Crippen LogP contribution in [0.4, 0.5) is 5.69 Å². The summed E-state index contributed by atoms with van der Waals surface area (Å²) in [6.07, 6.45) is 2.90. The highest BCUT2D eigenvalue weighted by Crippen LogP contribution is 2.33. The summed E-state index contributed by atoms with van der Waals surface area (Å²) in [5.74, 6) is 0. The molecule has 1 aromatic heterocycles. The van der Waals surface area contributed by atoms with E-state index in [-0.39, 0.29) is 16.7 Å². The normalized spacial score (nSPS) is 17.6. The van der Waals surface area contributed by atoms with Gasteiger partial charge in [0.25, 0.3) is 5.69 Å². The number of nitrogens with two attached hydrogens (primary N) is 1. The molecule has 2 N–H and O–H groups in total. The van der Waals surface area contributed by atoms with Crippen LogP contribution < -0.4 is 5.73 Å². The van der Waals surface area contributed by atoms with Gasteiger partial charge in [-0.2, -0.15) is 5.10 Å². The Balaban J connectivity index is 2.20. The molecule has 0 amide bonds. The van der Waals surface area contributed by atoms with Gasteiger partial charge in [0.1, 0.15) is 0 Å². The van der Waals surface area contributed by atoms with Gasteiger partial charge in [-0.1, -0.05) is 6.07 Å². The molecule has 1 atom stereocenters. The third-order valence-electron chi connectivity index (χ3n) is 4.14. The minimum absolute atomic E-state index is 0.0153. The molecule has 0 saturated heterocycles. The summed E-state index contributed by atoms with van der Waals surface area (Å²) in [6, 6.07) is 4.89. The average Bonchev–Trinajstić information content (AvgIpc) is 2.77. The summed E-state index contributed by atoms with van der Waals surface area (Å²) in [5.41, 5.74) is 11.1. The summed E-state index contributed by atoms with van der Waals surface area (Å²) in [6.45, 7) is 3.89. The van der Waals surface area contributed by atoms with Gasteiger partial charge in [-0.3, -0.25) is 10.1 Å². The maximum atomic E-state index is 11.0. The Labute approximate surface area is 122 Å². The lowest BCUT2D eigenvalue weighted by Gasteiger charge is -2.20. The average molecular weight is 286 g/mol. The second kappa shape index (κ2) is 4.96. The number of hydrogen-bond acceptors (Lipinski definition) is 4. The molecule has 0 radical (unpaired) electrons. The first kappa shape index (κ1) is 13.8. The second-order valence-corrected chi connectivity index (χ2v) is 5.58. The number of nitro groups is 1. The number of fused-ring (bicyclic) bond motifs is 1. The lowest BCUT2D eigenvalue weighted by molar-refractivity contribution is -0.384. The molecular formula is C15H18N4O2. The highest BCUT2D eigenvalue weighted by atomic mass is 16.6. The van der Waals surface area contributed by atoms with E-state index in [0.717, 1.165) is 47.5 Å². The first-order valence-corrected chi connectivity index (χ1v) is 7.08. The third-order valence-corrected chi connectivity index (χ3v) is 4.14. The molecule has 21 heavy (non-hydrogen) atoms. The van der Waals surface area contributed by atoms with Crippen LogP contribution >= 0.6 is 0 Å². The Bertz CT molecular complexity index is 721. The number of hydrogen-bond donors (Lipinski definition) is 1. The van der Waals surface area contributed by atoms with Crippen LogP contribution in [-0.2, 0) is 6.42 Å². The number of aryl methyl sites for hydroxylation is 2. The molecule has 0 saturated carbocycles. The van der Waals surface area contributed by atoms with E-state index < -0.39 is 0 Å². The number of aromatic nitrogens is 2. The lowest BCUT2D eigenvalue weighted by Crippen LogP contribution is -2.18. The van der Waals surface area contributed by atoms with E-state index in [2.05, 4.69) is 5.10 Å². The van der Waals surface area contributed by atoms with Gasteiger partial charge in [-0.15, -0.1) is 0 Å². The molecule has 0 spiro atoms. The van der Waals surface area contributed by atoms with Gasteiger partial charge >= 0.3 is 0 Å². The molecule has 1 aromatic carbocycles. The van der Waals surface area contributed by atoms with Gasteiger partial charge in [-0.25, -0.2) is 4.68 Å². The van der Waals surface area contributed by atoms with Gasteiger partial charge in [0.15, 0.2) is 0 Å². The Morgan fingerprint density at radius 1 is 1.43 bits per heavy atom. The first-order chi connectivity index (χ1) is 9.99. The minimum atomic E-state index is -0.377. The van der Waals surface area contributed by atoms with Gasteiger partial charge in [0, 0.05) is 29.4 Å². The van der Waals surface area contributed by atoms with Crippen LogP contribution in [-0.4, -0.2) is 14.7 Å². The lowest BCUT2D eigenvalue weighted by atomic mass is 9.91. The summed E-state index contributed by atoms with van der Waals surface area (Å²) in [4.78, 5) is 10.6. The maximum absolute atomic E-state index is 11.0. The molecule has 0 bridgehead atoms. The summed E-state index contributed by atoms with van der Waals surface area (Å²) in [5, 5.41) is 15.6. The van der Waals surface area contributed by atoms with E-state index in [1.54, 1.807) is 12.1 Å². The molecule has 1 aliphatic carbocycles. The molecule has 1 heterocycles. The highest BCUT2D eigenvalue weighted by molar-refractivity contribution is 5.50. The number of nitro benzene ring substituents is 1. The van der Waals surface area contributed by atoms with Crippen LogP contribution in [0.15, 0.2) is 18.2 Å². The SMILES string of the molecule is Cc1ccc([N+](=O)[O-])cc1-n1nc(C)c2c1CCCC2N. The van der Waals surface area contributed by atoms with Crippen molar-refractivity contribution in [3.8, 4) is 5.69 Å². The molecule has 1 unspecified atom stereocenters. The zero-order valence-electron chi connectivity index (χ0n) is 12.2. The molecule has 2 aromatic rings. The quantitative estimate of drug-likeness (QED) is 0.679. The largest absolute Gasteiger partial charge is 0.324 e. The predicted molar refractivity (Wildman–Crippen MR) is 79.6 cm³/mol. The fourth-order valence-electron chi connectivity index (χ4n) is 3.08. The van der Waals surface area contributed by atoms with Crippen molar-refractivity contribution in [2.24, 2.45) is 5.73 Å². The van der Waals surface area contributed by atoms with Crippen molar-refractivity contribution in [3.63, 3.8) is 0 Å². The molecule has 3 rings (SSSR count). The van der Waals surface area contributed by atoms with E-state index in [1.807, 2.05) is 18.5 Å². The molecule has 6 heteroatoms. The summed E-state index contributed by atoms with van der Waals surface area (Å²) >= 11 is 0. The number of rotatable bonds is 2. The number of benzene rings is 1. The van der Waals surface area contributed by atoms with Crippen LogP contribution in [0.1, 0.15) is 41.4 Å². The van der Waals surface area contributed by atoms with Crippen molar-refractivity contribution >= 4 is 5.69 Å². The zero-order valence-corrected chi connectivity index (χ0v) is 12.2. The standard InChI is InChI=1S/C15H18N4O2/c1-9-6-7-11(19(20)21)8-14(9)18-13-5-3-4-12(16)15(13)10(2)17-18/h6-8,12H,3-5,16H2,1-2H3. The smallest absolute Gasteiger partial charge is 0.271 e. The van der Waals surface area contributed by atoms with Crippen LogP contribution in [0, 0.1) is 24.0 Å². The van der Waals surface area contributed by atoms with E-state index in [1.165, 1.54) is 6.07 Å². The third kappa shape index (κ3) is 2.21. The van der Waals surface area contributed by atoms with Crippen LogP contribution in [0.5, 0.6) is 0 Å². The second-order valence-electron chi connectivity index (χ2n) is 5.58. The molecule has 6 nitrogen and oxygen atoms in total. The molecule has 1 aliphatic rings. The molecule has 0 fully saturated rings. The molecular weight excluding hydrogens is 268 g/mol. The first-order valence-electron chi connectivity index (χ1n) is 7.08. The van der Waals surface area contributed by atoms with E-state index in [4.69, 9.17) is 5.73 Å². The van der Waals surface area contributed by atoms with Crippen molar-refractivity contribution in [3.05, 3.63) is 50.8 Å². The van der Waals surface area contributed by atoms with Gasteiger partial charge < -0.3 is 5.73 Å². The molecule has 110 valence electrons. The van der Waals surface area contributed by atoms with Crippen molar-refractivity contribution in [1.29, 1.82) is 0 Å². The van der Waals surface area contributed by atoms with Crippen molar-refractivity contribution in [2.75, 3.05) is 0 Å². The Kier molecular flexibility index (Phi) is 3.25.